The molecular formula is C15H14O3. The molecule has 0 amide bonds. The Bertz CT molecular complexity index is 563. The van der Waals surface area contributed by atoms with Crippen molar-refractivity contribution in [2.45, 2.75) is 12.3 Å². The van der Waals surface area contributed by atoms with Gasteiger partial charge in [-0.1, -0.05) is 36.4 Å². The number of ether oxygens (including phenoxy) is 1. The van der Waals surface area contributed by atoms with Crippen LogP contribution in [-0.4, -0.2) is 16.8 Å². The molecule has 0 saturated carbocycles. The van der Waals surface area contributed by atoms with Crippen molar-refractivity contribution in [1.82, 2.24) is 0 Å². The first kappa shape index (κ1) is 11.0. The average molecular weight is 242 g/mol. The summed E-state index contributed by atoms with van der Waals surface area (Å²) in [5.41, 5.74) is 2.17. The first-order chi connectivity index (χ1) is 8.75. The lowest BCUT2D eigenvalue weighted by Gasteiger charge is -2.26. The minimum atomic E-state index is -0.154. The number of hydrogen-bond donors (Lipinski definition) is 2. The SMILES string of the molecule is Oc1ccc2c(c1O)OCC(c1ccccc1)C2. The van der Waals surface area contributed by atoms with Gasteiger partial charge in [0.05, 0.1) is 6.61 Å². The van der Waals surface area contributed by atoms with E-state index in [9.17, 15) is 10.2 Å². The van der Waals surface area contributed by atoms with Crippen molar-refractivity contribution in [3.05, 3.63) is 53.6 Å². The van der Waals surface area contributed by atoms with Gasteiger partial charge in [-0.25, -0.2) is 0 Å². The fraction of sp³-hybridized carbons (Fsp3) is 0.200. The van der Waals surface area contributed by atoms with Gasteiger partial charge >= 0.3 is 0 Å². The number of rotatable bonds is 1. The highest BCUT2D eigenvalue weighted by atomic mass is 16.5. The third kappa shape index (κ3) is 1.78. The molecule has 3 heteroatoms. The standard InChI is InChI=1S/C15H14O3/c16-13-7-6-11-8-12(9-18-15(11)14(13)17)10-4-2-1-3-5-10/h1-7,12,16-17H,8-9H2. The summed E-state index contributed by atoms with van der Waals surface area (Å²) in [7, 11) is 0. The summed E-state index contributed by atoms with van der Waals surface area (Å²) in [5.74, 6) is 0.427. The number of benzene rings is 2. The highest BCUT2D eigenvalue weighted by molar-refractivity contribution is 5.55. The minimum Gasteiger partial charge on any atom is -0.504 e. The molecular weight excluding hydrogens is 228 g/mol. The summed E-state index contributed by atoms with van der Waals surface area (Å²) < 4.78 is 5.59. The molecule has 3 nitrogen and oxygen atoms in total. The molecule has 0 radical (unpaired) electrons. The number of hydrogen-bond acceptors (Lipinski definition) is 3. The first-order valence-electron chi connectivity index (χ1n) is 5.97. The van der Waals surface area contributed by atoms with Crippen LogP contribution in [0.25, 0.3) is 0 Å². The molecule has 0 aromatic heterocycles. The molecule has 2 aromatic carbocycles. The van der Waals surface area contributed by atoms with Gasteiger partial charge in [0.25, 0.3) is 0 Å². The second-order valence-electron chi connectivity index (χ2n) is 4.54. The van der Waals surface area contributed by atoms with Crippen LogP contribution < -0.4 is 4.74 Å². The largest absolute Gasteiger partial charge is 0.504 e. The van der Waals surface area contributed by atoms with Gasteiger partial charge in [0.2, 0.25) is 5.75 Å². The van der Waals surface area contributed by atoms with E-state index >= 15 is 0 Å². The van der Waals surface area contributed by atoms with E-state index in [0.717, 1.165) is 12.0 Å². The van der Waals surface area contributed by atoms with Crippen LogP contribution in [0.4, 0.5) is 0 Å². The maximum Gasteiger partial charge on any atom is 0.200 e. The molecule has 2 aromatic rings. The normalized spacial score (nSPS) is 17.9. The topological polar surface area (TPSA) is 49.7 Å². The highest BCUT2D eigenvalue weighted by Crippen LogP contribution is 2.43. The number of fused-ring (bicyclic) bond motifs is 1. The smallest absolute Gasteiger partial charge is 0.200 e. The molecule has 18 heavy (non-hydrogen) atoms. The van der Waals surface area contributed by atoms with Crippen LogP contribution in [0, 0.1) is 0 Å². The zero-order valence-corrected chi connectivity index (χ0v) is 9.84. The Morgan fingerprint density at radius 1 is 1.00 bits per heavy atom. The fourth-order valence-corrected chi connectivity index (χ4v) is 2.37. The van der Waals surface area contributed by atoms with Crippen LogP contribution in [0.15, 0.2) is 42.5 Å². The van der Waals surface area contributed by atoms with Crippen LogP contribution in [0.1, 0.15) is 17.0 Å². The minimum absolute atomic E-state index is 0.132. The molecule has 1 heterocycles. The van der Waals surface area contributed by atoms with Crippen molar-refractivity contribution < 1.29 is 14.9 Å². The summed E-state index contributed by atoms with van der Waals surface area (Å²) in [6.45, 7) is 0.522. The zero-order chi connectivity index (χ0) is 12.5. The Morgan fingerprint density at radius 2 is 1.78 bits per heavy atom. The molecule has 2 N–H and O–H groups in total. The van der Waals surface area contributed by atoms with Gasteiger partial charge in [0.15, 0.2) is 11.5 Å². The van der Waals surface area contributed by atoms with E-state index in [1.807, 2.05) is 18.2 Å². The predicted octanol–water partition coefficient (Wildman–Crippen LogP) is 2.82. The average Bonchev–Trinajstić information content (AvgIpc) is 2.44. The van der Waals surface area contributed by atoms with Crippen molar-refractivity contribution in [3.63, 3.8) is 0 Å². The van der Waals surface area contributed by atoms with Gasteiger partial charge in [-0.3, -0.25) is 0 Å². The Morgan fingerprint density at radius 3 is 2.56 bits per heavy atom. The lowest BCUT2D eigenvalue weighted by atomic mass is 9.90. The molecule has 1 aliphatic heterocycles. The zero-order valence-electron chi connectivity index (χ0n) is 9.84. The van der Waals surface area contributed by atoms with Gasteiger partial charge in [0, 0.05) is 5.92 Å². The Labute approximate surface area is 105 Å². The van der Waals surface area contributed by atoms with Crippen LogP contribution in [0.2, 0.25) is 0 Å². The summed E-state index contributed by atoms with van der Waals surface area (Å²) in [6.07, 6.45) is 0.813. The second kappa shape index (κ2) is 4.26. The van der Waals surface area contributed by atoms with Crippen molar-refractivity contribution in [2.75, 3.05) is 6.61 Å². The molecule has 3 rings (SSSR count). The molecule has 0 bridgehead atoms. The first-order valence-corrected chi connectivity index (χ1v) is 5.97. The van der Waals surface area contributed by atoms with Crippen LogP contribution >= 0.6 is 0 Å². The van der Waals surface area contributed by atoms with Crippen molar-refractivity contribution >= 4 is 0 Å². The Kier molecular flexibility index (Phi) is 2.59. The molecule has 1 atom stereocenters. The quantitative estimate of drug-likeness (QED) is 0.756. The molecule has 92 valence electrons. The van der Waals surface area contributed by atoms with Gasteiger partial charge in [-0.05, 0) is 23.6 Å². The molecule has 1 aliphatic rings. The summed E-state index contributed by atoms with van der Waals surface area (Å²) in [5, 5.41) is 19.2. The van der Waals surface area contributed by atoms with Crippen LogP contribution in [-0.2, 0) is 6.42 Å². The van der Waals surface area contributed by atoms with Crippen LogP contribution in [0.5, 0.6) is 17.2 Å². The summed E-state index contributed by atoms with van der Waals surface area (Å²) in [4.78, 5) is 0. The second-order valence-corrected chi connectivity index (χ2v) is 4.54. The van der Waals surface area contributed by atoms with Crippen molar-refractivity contribution in [3.8, 4) is 17.2 Å². The van der Waals surface area contributed by atoms with Crippen LogP contribution in [0.3, 0.4) is 0 Å². The van der Waals surface area contributed by atoms with E-state index < -0.39 is 0 Å². The highest BCUT2D eigenvalue weighted by Gasteiger charge is 2.24. The van der Waals surface area contributed by atoms with E-state index in [-0.39, 0.29) is 11.5 Å². The van der Waals surface area contributed by atoms with Crippen molar-refractivity contribution in [2.24, 2.45) is 0 Å². The molecule has 0 saturated heterocycles. The molecule has 1 unspecified atom stereocenters. The lowest BCUT2D eigenvalue weighted by Crippen LogP contribution is -2.19. The molecule has 0 spiro atoms. The summed E-state index contributed by atoms with van der Waals surface area (Å²) >= 11 is 0. The Balaban J connectivity index is 1.93. The van der Waals surface area contributed by atoms with Crippen molar-refractivity contribution in [1.29, 1.82) is 0 Å². The van der Waals surface area contributed by atoms with Gasteiger partial charge in [-0.2, -0.15) is 0 Å². The summed E-state index contributed by atoms with van der Waals surface area (Å²) in [6, 6.07) is 13.5. The van der Waals surface area contributed by atoms with E-state index in [4.69, 9.17) is 4.74 Å². The molecule has 0 fully saturated rings. The Hall–Kier alpha value is -2.16. The maximum atomic E-state index is 9.73. The third-order valence-corrected chi connectivity index (χ3v) is 3.36. The monoisotopic (exact) mass is 242 g/mol. The number of phenols is 2. The van der Waals surface area contributed by atoms with E-state index in [0.29, 0.717) is 18.3 Å². The van der Waals surface area contributed by atoms with E-state index in [1.54, 1.807) is 6.07 Å². The van der Waals surface area contributed by atoms with E-state index in [1.165, 1.54) is 11.6 Å². The van der Waals surface area contributed by atoms with Gasteiger partial charge in [0.1, 0.15) is 0 Å². The van der Waals surface area contributed by atoms with E-state index in [2.05, 4.69) is 12.1 Å². The third-order valence-electron chi connectivity index (χ3n) is 3.36. The number of aromatic hydroxyl groups is 2. The fourth-order valence-electron chi connectivity index (χ4n) is 2.37. The van der Waals surface area contributed by atoms with Gasteiger partial charge < -0.3 is 14.9 Å². The molecule has 0 aliphatic carbocycles. The predicted molar refractivity (Wildman–Crippen MR) is 68.2 cm³/mol. The number of phenolic OH excluding ortho intramolecular Hbond substituents is 2. The van der Waals surface area contributed by atoms with Gasteiger partial charge in [-0.15, -0.1) is 0 Å². The lowest BCUT2D eigenvalue weighted by molar-refractivity contribution is 0.246. The maximum absolute atomic E-state index is 9.73.